The lowest BCUT2D eigenvalue weighted by Crippen LogP contribution is -2.28. The monoisotopic (exact) mass is 725 g/mol. The van der Waals surface area contributed by atoms with E-state index in [2.05, 4.69) is 187 Å². The van der Waals surface area contributed by atoms with Gasteiger partial charge in [-0.25, -0.2) is 14.8 Å². The Hall–Kier alpha value is -7.67. The quantitative estimate of drug-likeness (QED) is 0.153. The smallest absolute Gasteiger partial charge is 0.187 e. The van der Waals surface area contributed by atoms with Crippen molar-refractivity contribution in [1.29, 1.82) is 0 Å². The van der Waals surface area contributed by atoms with Gasteiger partial charge in [-0.15, -0.1) is 0 Å². The van der Waals surface area contributed by atoms with Crippen molar-refractivity contribution >= 4 is 5.69 Å². The fourth-order valence-corrected chi connectivity index (χ4v) is 8.49. The van der Waals surface area contributed by atoms with E-state index in [1.807, 2.05) is 30.3 Å². The number of rotatable bonds is 7. The maximum absolute atomic E-state index is 7.81. The molecule has 0 atom stereocenters. The summed E-state index contributed by atoms with van der Waals surface area (Å²) in [6.07, 6.45) is 0. The Kier molecular flexibility index (Phi) is 8.43. The maximum atomic E-state index is 7.81. The molecule has 1 aromatic heterocycles. The minimum atomic E-state index is -0.547. The largest absolute Gasteiger partial charge is 0.238 e. The molecular formula is C54H35N3. The molecule has 266 valence electrons. The number of fused-ring (bicyclic) bond motifs is 3. The molecule has 0 radical (unpaired) electrons. The Morgan fingerprint density at radius 2 is 0.807 bits per heavy atom. The van der Waals surface area contributed by atoms with Crippen molar-refractivity contribution < 1.29 is 0 Å². The van der Waals surface area contributed by atoms with Gasteiger partial charge in [0.15, 0.2) is 11.5 Å². The topological polar surface area (TPSA) is 30.1 Å². The summed E-state index contributed by atoms with van der Waals surface area (Å²) >= 11 is 0. The molecule has 0 aliphatic heterocycles. The third-order valence-electron chi connectivity index (χ3n) is 11.2. The average Bonchev–Trinajstić information content (AvgIpc) is 3.60. The van der Waals surface area contributed by atoms with Crippen molar-refractivity contribution in [3.63, 3.8) is 0 Å². The van der Waals surface area contributed by atoms with Crippen LogP contribution in [-0.4, -0.2) is 9.97 Å². The first-order valence-electron chi connectivity index (χ1n) is 19.2. The van der Waals surface area contributed by atoms with Crippen LogP contribution in [0.3, 0.4) is 0 Å². The summed E-state index contributed by atoms with van der Waals surface area (Å²) in [6, 6.07) is 74.6. The first-order chi connectivity index (χ1) is 28.2. The van der Waals surface area contributed by atoms with E-state index in [0.29, 0.717) is 11.5 Å². The van der Waals surface area contributed by atoms with Crippen LogP contribution in [0, 0.1) is 6.57 Å². The summed E-state index contributed by atoms with van der Waals surface area (Å²) in [5, 5.41) is 0. The van der Waals surface area contributed by atoms with Gasteiger partial charge in [-0.3, -0.25) is 0 Å². The molecule has 10 rings (SSSR count). The van der Waals surface area contributed by atoms with Gasteiger partial charge in [-0.1, -0.05) is 194 Å². The van der Waals surface area contributed by atoms with Crippen LogP contribution >= 0.6 is 0 Å². The van der Waals surface area contributed by atoms with Crippen LogP contribution in [0.4, 0.5) is 5.69 Å². The van der Waals surface area contributed by atoms with Gasteiger partial charge in [0.2, 0.25) is 0 Å². The third kappa shape index (κ3) is 5.92. The van der Waals surface area contributed by atoms with Gasteiger partial charge < -0.3 is 0 Å². The van der Waals surface area contributed by atoms with Gasteiger partial charge in [0.1, 0.15) is 0 Å². The Balaban J connectivity index is 1.07. The number of benzene rings is 8. The van der Waals surface area contributed by atoms with Crippen molar-refractivity contribution in [2.45, 2.75) is 5.41 Å². The standard InChI is InChI=1S/C54H35N3/c1-55-46-31-33-49-48(35-46)47-32-30-43(34-50(47)54(49,44-18-10-4-11-19-44)45-20-12-5-13-21-45)39-24-28-41(29-25-39)52-36-51(56-53(57-52)42-16-8-3-9-17-42)40-26-22-38(23-27-40)37-14-6-2-7-15-37/h2-36H. The average molecular weight is 726 g/mol. The van der Waals surface area contributed by atoms with Crippen molar-refractivity contribution in [3.05, 3.63) is 246 Å². The minimum absolute atomic E-state index is 0.547. The van der Waals surface area contributed by atoms with E-state index in [9.17, 15) is 0 Å². The molecule has 0 fully saturated rings. The highest BCUT2D eigenvalue weighted by Gasteiger charge is 2.46. The van der Waals surface area contributed by atoms with Crippen LogP contribution in [0.2, 0.25) is 0 Å². The number of nitrogens with zero attached hydrogens (tertiary/aromatic N) is 3. The number of hydrogen-bond donors (Lipinski definition) is 0. The van der Waals surface area contributed by atoms with Crippen molar-refractivity contribution in [2.75, 3.05) is 0 Å². The molecule has 57 heavy (non-hydrogen) atoms. The molecule has 0 N–H and O–H groups in total. The van der Waals surface area contributed by atoms with E-state index in [-0.39, 0.29) is 0 Å². The van der Waals surface area contributed by atoms with Crippen LogP contribution in [0.15, 0.2) is 212 Å². The molecule has 1 aliphatic carbocycles. The second kappa shape index (κ2) is 14.2. The summed E-state index contributed by atoms with van der Waals surface area (Å²) in [4.78, 5) is 14.0. The predicted molar refractivity (Wildman–Crippen MR) is 233 cm³/mol. The molecule has 0 amide bonds. The van der Waals surface area contributed by atoms with E-state index in [4.69, 9.17) is 16.5 Å². The van der Waals surface area contributed by atoms with Crippen LogP contribution in [0.1, 0.15) is 22.3 Å². The lowest BCUT2D eigenvalue weighted by atomic mass is 9.67. The molecule has 0 bridgehead atoms. The van der Waals surface area contributed by atoms with Crippen LogP contribution < -0.4 is 0 Å². The number of aromatic nitrogens is 2. The zero-order valence-electron chi connectivity index (χ0n) is 31.0. The summed E-state index contributed by atoms with van der Waals surface area (Å²) < 4.78 is 0. The van der Waals surface area contributed by atoms with Crippen molar-refractivity contribution in [3.8, 4) is 67.3 Å². The highest BCUT2D eigenvalue weighted by Crippen LogP contribution is 2.57. The SMILES string of the molecule is [C-]#[N+]c1ccc2c(c1)-c1ccc(-c3ccc(-c4cc(-c5ccc(-c6ccccc6)cc5)nc(-c5ccccc5)n4)cc3)cc1C2(c1ccccc1)c1ccccc1. The zero-order valence-corrected chi connectivity index (χ0v) is 31.0. The van der Waals surface area contributed by atoms with Crippen molar-refractivity contribution in [1.82, 2.24) is 9.97 Å². The molecule has 8 aromatic carbocycles. The molecule has 0 saturated carbocycles. The fourth-order valence-electron chi connectivity index (χ4n) is 8.49. The fraction of sp³-hybridized carbons (Fsp3) is 0.0185. The van der Waals surface area contributed by atoms with Gasteiger partial charge >= 0.3 is 0 Å². The van der Waals surface area contributed by atoms with E-state index in [0.717, 1.165) is 50.3 Å². The van der Waals surface area contributed by atoms with Crippen LogP contribution in [-0.2, 0) is 5.41 Å². The van der Waals surface area contributed by atoms with Gasteiger partial charge in [-0.2, -0.15) is 0 Å². The highest BCUT2D eigenvalue weighted by molar-refractivity contribution is 5.90. The predicted octanol–water partition coefficient (Wildman–Crippen LogP) is 13.7. The minimum Gasteiger partial charge on any atom is -0.238 e. The summed E-state index contributed by atoms with van der Waals surface area (Å²) in [5.41, 5.74) is 16.5. The van der Waals surface area contributed by atoms with Crippen molar-refractivity contribution in [2.24, 2.45) is 0 Å². The Morgan fingerprint density at radius 1 is 0.351 bits per heavy atom. The summed E-state index contributed by atoms with van der Waals surface area (Å²) in [6.45, 7) is 7.81. The van der Waals surface area contributed by atoms with E-state index in [1.54, 1.807) is 0 Å². The summed E-state index contributed by atoms with van der Waals surface area (Å²) in [7, 11) is 0. The third-order valence-corrected chi connectivity index (χ3v) is 11.2. The maximum Gasteiger partial charge on any atom is 0.187 e. The zero-order chi connectivity index (χ0) is 38.2. The lowest BCUT2D eigenvalue weighted by Gasteiger charge is -2.34. The summed E-state index contributed by atoms with van der Waals surface area (Å²) in [5.74, 6) is 0.692. The number of hydrogen-bond acceptors (Lipinski definition) is 2. The molecule has 0 unspecified atom stereocenters. The van der Waals surface area contributed by atoms with Gasteiger partial charge in [0.05, 0.1) is 23.4 Å². The Bertz CT molecular complexity index is 2880. The molecular weight excluding hydrogens is 691 g/mol. The normalized spacial score (nSPS) is 12.3. The first kappa shape index (κ1) is 33.9. The molecule has 3 heteroatoms. The lowest BCUT2D eigenvalue weighted by molar-refractivity contribution is 0.769. The Morgan fingerprint density at radius 3 is 1.35 bits per heavy atom. The van der Waals surface area contributed by atoms with Gasteiger partial charge in [0.25, 0.3) is 0 Å². The second-order valence-electron chi connectivity index (χ2n) is 14.4. The van der Waals surface area contributed by atoms with E-state index < -0.39 is 5.41 Å². The molecule has 9 aromatic rings. The van der Waals surface area contributed by atoms with Gasteiger partial charge in [-0.05, 0) is 73.8 Å². The van der Waals surface area contributed by atoms with Crippen LogP contribution in [0.5, 0.6) is 0 Å². The molecule has 0 saturated heterocycles. The van der Waals surface area contributed by atoms with E-state index in [1.165, 1.54) is 33.4 Å². The Labute approximate surface area is 333 Å². The molecule has 0 spiro atoms. The van der Waals surface area contributed by atoms with Gasteiger partial charge in [0, 0.05) is 16.7 Å². The molecule has 1 heterocycles. The molecule has 1 aliphatic rings. The molecule has 3 nitrogen and oxygen atoms in total. The second-order valence-corrected chi connectivity index (χ2v) is 14.4. The van der Waals surface area contributed by atoms with Crippen LogP contribution in [0.25, 0.3) is 72.1 Å². The highest BCUT2D eigenvalue weighted by atomic mass is 14.9. The van der Waals surface area contributed by atoms with E-state index >= 15 is 0 Å². The first-order valence-corrected chi connectivity index (χ1v) is 19.2.